The highest BCUT2D eigenvalue weighted by molar-refractivity contribution is 7.13. The van der Waals surface area contributed by atoms with Crippen LogP contribution in [0.4, 0.5) is 0 Å². The molecule has 0 atom stereocenters. The first-order valence-electron chi connectivity index (χ1n) is 9.48. The highest BCUT2D eigenvalue weighted by Crippen LogP contribution is 2.26. The van der Waals surface area contributed by atoms with Crippen LogP contribution in [0.1, 0.15) is 38.7 Å². The predicted octanol–water partition coefficient (Wildman–Crippen LogP) is 4.96. The molecule has 0 aliphatic heterocycles. The van der Waals surface area contributed by atoms with Crippen LogP contribution in [0.3, 0.4) is 0 Å². The zero-order valence-corrected chi connectivity index (χ0v) is 18.7. The normalized spacial score (nSPS) is 10.9. The number of nitrogens with zero attached hydrogens (tertiary/aromatic N) is 2. The van der Waals surface area contributed by atoms with Crippen molar-refractivity contribution in [3.05, 3.63) is 63.4 Å². The second kappa shape index (κ2) is 10.0. The topological polar surface area (TPSA) is 70.4 Å². The molecule has 0 N–H and O–H groups in total. The van der Waals surface area contributed by atoms with E-state index in [0.29, 0.717) is 22.2 Å². The molecule has 3 aromatic rings. The molecule has 0 spiro atoms. The summed E-state index contributed by atoms with van der Waals surface area (Å²) in [6.07, 6.45) is 0.855. The fourth-order valence-corrected chi connectivity index (χ4v) is 4.18. The lowest BCUT2D eigenvalue weighted by atomic mass is 10.1. The Bertz CT molecular complexity index is 1060. The number of carbonyl (C=O) groups excluding carboxylic acids is 2. The summed E-state index contributed by atoms with van der Waals surface area (Å²) in [6.45, 7) is 4.94. The molecule has 30 heavy (non-hydrogen) atoms. The highest BCUT2D eigenvalue weighted by Gasteiger charge is 2.19. The molecule has 2 heterocycles. The molecule has 0 fully saturated rings. The quantitative estimate of drug-likeness (QED) is 0.264. The van der Waals surface area contributed by atoms with Crippen LogP contribution in [0.25, 0.3) is 10.6 Å². The van der Waals surface area contributed by atoms with Gasteiger partial charge in [-0.05, 0) is 38.5 Å². The van der Waals surface area contributed by atoms with Gasteiger partial charge in [0.1, 0.15) is 5.01 Å². The largest absolute Gasteiger partial charge is 0.453 e. The van der Waals surface area contributed by atoms with Crippen molar-refractivity contribution < 1.29 is 19.1 Å². The fourth-order valence-electron chi connectivity index (χ4n) is 3.20. The molecule has 6 nitrogen and oxygen atoms in total. The first-order valence-corrected chi connectivity index (χ1v) is 10.7. The number of methoxy groups -OCH3 is 1. The van der Waals surface area contributed by atoms with Gasteiger partial charge in [0.25, 0.3) is 0 Å². The number of rotatable bonds is 9. The molecule has 8 heteroatoms. The second-order valence-electron chi connectivity index (χ2n) is 6.83. The standard InChI is InChI=1S/C22H23ClN2O4S/c1-14-10-18(15(2)25(14)8-5-9-28-3)20(26)12-29-22(27)19-13-30-21(24-19)16-6-4-7-17(23)11-16/h4,6-7,10-11,13H,5,8-9,12H2,1-3H3. The van der Waals surface area contributed by atoms with Gasteiger partial charge in [-0.2, -0.15) is 0 Å². The van der Waals surface area contributed by atoms with Gasteiger partial charge < -0.3 is 14.0 Å². The molecule has 158 valence electrons. The lowest BCUT2D eigenvalue weighted by molar-refractivity contribution is 0.0469. The van der Waals surface area contributed by atoms with E-state index in [4.69, 9.17) is 21.1 Å². The third-order valence-corrected chi connectivity index (χ3v) is 5.85. The maximum absolute atomic E-state index is 12.6. The Labute approximate surface area is 184 Å². The first kappa shape index (κ1) is 22.2. The zero-order valence-electron chi connectivity index (χ0n) is 17.1. The number of carbonyl (C=O) groups is 2. The van der Waals surface area contributed by atoms with Gasteiger partial charge in [-0.15, -0.1) is 11.3 Å². The van der Waals surface area contributed by atoms with Gasteiger partial charge >= 0.3 is 5.97 Å². The third kappa shape index (κ3) is 5.16. The summed E-state index contributed by atoms with van der Waals surface area (Å²) in [5.74, 6) is -0.860. The average Bonchev–Trinajstić information content (AvgIpc) is 3.32. The van der Waals surface area contributed by atoms with Gasteiger partial charge in [0.05, 0.1) is 0 Å². The maximum atomic E-state index is 12.6. The van der Waals surface area contributed by atoms with E-state index in [0.717, 1.165) is 29.9 Å². The highest BCUT2D eigenvalue weighted by atomic mass is 35.5. The van der Waals surface area contributed by atoms with Gasteiger partial charge in [-0.1, -0.05) is 23.7 Å². The predicted molar refractivity (Wildman–Crippen MR) is 118 cm³/mol. The van der Waals surface area contributed by atoms with Gasteiger partial charge in [-0.3, -0.25) is 4.79 Å². The summed E-state index contributed by atoms with van der Waals surface area (Å²) in [5, 5.41) is 2.87. The Kier molecular flexibility index (Phi) is 7.42. The Morgan fingerprint density at radius 2 is 2.03 bits per heavy atom. The first-order chi connectivity index (χ1) is 14.4. The molecule has 0 bridgehead atoms. The molecule has 0 saturated carbocycles. The molecule has 0 aliphatic carbocycles. The van der Waals surface area contributed by atoms with Crippen molar-refractivity contribution >= 4 is 34.7 Å². The summed E-state index contributed by atoms with van der Waals surface area (Å²) < 4.78 is 12.4. The number of benzene rings is 1. The molecule has 1 aromatic carbocycles. The van der Waals surface area contributed by atoms with Crippen LogP contribution >= 0.6 is 22.9 Å². The number of esters is 1. The number of aryl methyl sites for hydroxylation is 1. The number of hydrogen-bond acceptors (Lipinski definition) is 6. The molecule has 0 saturated heterocycles. The summed E-state index contributed by atoms with van der Waals surface area (Å²) in [4.78, 5) is 29.3. The molecule has 0 aliphatic rings. The van der Waals surface area contributed by atoms with Crippen LogP contribution in [0.5, 0.6) is 0 Å². The molecule has 0 amide bonds. The summed E-state index contributed by atoms with van der Waals surface area (Å²) in [7, 11) is 1.67. The minimum Gasteiger partial charge on any atom is -0.453 e. The minimum absolute atomic E-state index is 0.174. The molecule has 0 unspecified atom stereocenters. The van der Waals surface area contributed by atoms with E-state index in [-0.39, 0.29) is 18.1 Å². The minimum atomic E-state index is -0.623. The van der Waals surface area contributed by atoms with Crippen LogP contribution in [0.15, 0.2) is 35.7 Å². The summed E-state index contributed by atoms with van der Waals surface area (Å²) >= 11 is 7.33. The van der Waals surface area contributed by atoms with E-state index in [1.165, 1.54) is 11.3 Å². The molecule has 3 rings (SSSR count). The number of ketones is 1. The number of halogens is 1. The molecular weight excluding hydrogens is 424 g/mol. The van der Waals surface area contributed by atoms with E-state index in [9.17, 15) is 9.59 Å². The van der Waals surface area contributed by atoms with Gasteiger partial charge in [-0.25, -0.2) is 9.78 Å². The van der Waals surface area contributed by atoms with Crippen molar-refractivity contribution in [2.75, 3.05) is 20.3 Å². The SMILES string of the molecule is COCCCn1c(C)cc(C(=O)COC(=O)c2csc(-c3cccc(Cl)c3)n2)c1C. The van der Waals surface area contributed by atoms with Gasteiger partial charge in [0, 0.05) is 53.2 Å². The Morgan fingerprint density at radius 1 is 1.23 bits per heavy atom. The lowest BCUT2D eigenvalue weighted by Gasteiger charge is -2.09. The van der Waals surface area contributed by atoms with E-state index >= 15 is 0 Å². The number of hydrogen-bond donors (Lipinski definition) is 0. The fraction of sp³-hybridized carbons (Fsp3) is 0.318. The van der Waals surface area contributed by atoms with E-state index in [1.54, 1.807) is 24.6 Å². The summed E-state index contributed by atoms with van der Waals surface area (Å²) in [6, 6.07) is 9.07. The van der Waals surface area contributed by atoms with Crippen LogP contribution in [0, 0.1) is 13.8 Å². The van der Waals surface area contributed by atoms with Crippen molar-refractivity contribution in [2.45, 2.75) is 26.8 Å². The maximum Gasteiger partial charge on any atom is 0.358 e. The van der Waals surface area contributed by atoms with Crippen molar-refractivity contribution in [1.82, 2.24) is 9.55 Å². The average molecular weight is 447 g/mol. The van der Waals surface area contributed by atoms with Crippen LogP contribution < -0.4 is 0 Å². The number of aromatic nitrogens is 2. The lowest BCUT2D eigenvalue weighted by Crippen LogP contribution is -2.15. The van der Waals surface area contributed by atoms with E-state index < -0.39 is 5.97 Å². The smallest absolute Gasteiger partial charge is 0.358 e. The number of thiazole rings is 1. The Hall–Kier alpha value is -2.48. The Balaban J connectivity index is 1.63. The third-order valence-electron chi connectivity index (χ3n) is 4.72. The molecule has 2 aromatic heterocycles. The zero-order chi connectivity index (χ0) is 21.7. The van der Waals surface area contributed by atoms with Crippen LogP contribution in [-0.4, -0.2) is 41.6 Å². The monoisotopic (exact) mass is 446 g/mol. The van der Waals surface area contributed by atoms with Gasteiger partial charge in [0.2, 0.25) is 5.78 Å². The van der Waals surface area contributed by atoms with Crippen molar-refractivity contribution in [3.63, 3.8) is 0 Å². The molecule has 0 radical (unpaired) electrons. The van der Waals surface area contributed by atoms with Gasteiger partial charge in [0.15, 0.2) is 12.3 Å². The van der Waals surface area contributed by atoms with Crippen molar-refractivity contribution in [3.8, 4) is 10.6 Å². The number of Topliss-reactive ketones (excluding diaryl/α,β-unsaturated/α-hetero) is 1. The number of ether oxygens (including phenoxy) is 2. The Morgan fingerprint density at radius 3 is 2.77 bits per heavy atom. The summed E-state index contributed by atoms with van der Waals surface area (Å²) in [5.41, 5.74) is 3.41. The van der Waals surface area contributed by atoms with E-state index in [1.807, 2.05) is 32.0 Å². The van der Waals surface area contributed by atoms with Crippen LogP contribution in [-0.2, 0) is 16.0 Å². The second-order valence-corrected chi connectivity index (χ2v) is 8.12. The van der Waals surface area contributed by atoms with E-state index in [2.05, 4.69) is 9.55 Å². The van der Waals surface area contributed by atoms with Crippen LogP contribution in [0.2, 0.25) is 5.02 Å². The molecular formula is C22H23ClN2O4S. The van der Waals surface area contributed by atoms with Crippen molar-refractivity contribution in [1.29, 1.82) is 0 Å². The van der Waals surface area contributed by atoms with Crippen molar-refractivity contribution in [2.24, 2.45) is 0 Å².